The molecule has 2 aliphatic heterocycles. The molecule has 2 heterocycles. The first-order valence-electron chi connectivity index (χ1n) is 5.92. The Balaban J connectivity index is 1.88. The van der Waals surface area contributed by atoms with Crippen molar-refractivity contribution in [2.45, 2.75) is 36.5 Å². The van der Waals surface area contributed by atoms with Gasteiger partial charge in [0.1, 0.15) is 0 Å². The largest absolute Gasteiger partial charge is 0.481 e. The molecule has 0 amide bonds. The Labute approximate surface area is 108 Å². The van der Waals surface area contributed by atoms with Crippen molar-refractivity contribution in [3.63, 3.8) is 0 Å². The van der Waals surface area contributed by atoms with Crippen LogP contribution in [0.25, 0.3) is 0 Å². The van der Waals surface area contributed by atoms with Gasteiger partial charge in [-0.05, 0) is 25.0 Å². The SMILES string of the molecule is O=C(O)CCS(=O)C1CCOC2(CCSC2)C1. The van der Waals surface area contributed by atoms with Crippen LogP contribution in [-0.2, 0) is 20.3 Å². The lowest BCUT2D eigenvalue weighted by atomic mass is 9.93. The van der Waals surface area contributed by atoms with Gasteiger partial charge in [0.2, 0.25) is 0 Å². The minimum Gasteiger partial charge on any atom is -0.481 e. The van der Waals surface area contributed by atoms with E-state index in [0.717, 1.165) is 30.8 Å². The van der Waals surface area contributed by atoms with Gasteiger partial charge in [0, 0.05) is 34.2 Å². The number of rotatable bonds is 4. The van der Waals surface area contributed by atoms with Crippen molar-refractivity contribution in [1.82, 2.24) is 0 Å². The Bertz CT molecular complexity index is 313. The second-order valence-corrected chi connectivity index (χ2v) is 7.62. The monoisotopic (exact) mass is 278 g/mol. The summed E-state index contributed by atoms with van der Waals surface area (Å²) in [5.41, 5.74) is -0.0630. The Kier molecular flexibility index (Phi) is 4.49. The maximum atomic E-state index is 12.0. The van der Waals surface area contributed by atoms with Crippen LogP contribution in [0, 0.1) is 0 Å². The lowest BCUT2D eigenvalue weighted by Crippen LogP contribution is -2.43. The van der Waals surface area contributed by atoms with Crippen LogP contribution in [0.4, 0.5) is 0 Å². The maximum absolute atomic E-state index is 12.0. The molecule has 0 aromatic heterocycles. The Morgan fingerprint density at radius 1 is 1.59 bits per heavy atom. The molecule has 3 atom stereocenters. The highest BCUT2D eigenvalue weighted by atomic mass is 32.2. The van der Waals surface area contributed by atoms with Gasteiger partial charge in [-0.2, -0.15) is 11.8 Å². The molecule has 6 heteroatoms. The molecular formula is C11H18O4S2. The minimum atomic E-state index is -1.02. The number of hydrogen-bond acceptors (Lipinski definition) is 4. The van der Waals surface area contributed by atoms with Gasteiger partial charge in [-0.3, -0.25) is 9.00 Å². The molecule has 98 valence electrons. The van der Waals surface area contributed by atoms with Crippen LogP contribution in [0.5, 0.6) is 0 Å². The van der Waals surface area contributed by atoms with Crippen LogP contribution in [0.3, 0.4) is 0 Å². The molecule has 0 bridgehead atoms. The van der Waals surface area contributed by atoms with Gasteiger partial charge in [-0.1, -0.05) is 0 Å². The van der Waals surface area contributed by atoms with Gasteiger partial charge >= 0.3 is 5.97 Å². The first-order chi connectivity index (χ1) is 8.11. The van der Waals surface area contributed by atoms with Crippen molar-refractivity contribution < 1.29 is 18.8 Å². The molecule has 0 aliphatic carbocycles. The van der Waals surface area contributed by atoms with Crippen LogP contribution >= 0.6 is 11.8 Å². The van der Waals surface area contributed by atoms with Crippen molar-refractivity contribution in [3.05, 3.63) is 0 Å². The fourth-order valence-electron chi connectivity index (χ4n) is 2.43. The summed E-state index contributed by atoms with van der Waals surface area (Å²) < 4.78 is 17.9. The van der Waals surface area contributed by atoms with E-state index in [9.17, 15) is 9.00 Å². The number of thioether (sulfide) groups is 1. The predicted octanol–water partition coefficient (Wildman–Crippen LogP) is 1.26. The number of carboxylic acid groups (broad SMARTS) is 1. The van der Waals surface area contributed by atoms with Crippen LogP contribution in [0.15, 0.2) is 0 Å². The summed E-state index contributed by atoms with van der Waals surface area (Å²) in [7, 11) is -1.02. The molecule has 4 nitrogen and oxygen atoms in total. The summed E-state index contributed by atoms with van der Waals surface area (Å²) >= 11 is 1.89. The van der Waals surface area contributed by atoms with Crippen molar-refractivity contribution in [2.75, 3.05) is 23.9 Å². The molecule has 0 saturated carbocycles. The first-order valence-corrected chi connectivity index (χ1v) is 8.46. The summed E-state index contributed by atoms with van der Waals surface area (Å²) in [4.78, 5) is 10.5. The number of carboxylic acids is 1. The Morgan fingerprint density at radius 2 is 2.41 bits per heavy atom. The first kappa shape index (κ1) is 13.4. The van der Waals surface area contributed by atoms with Gasteiger partial charge in [0.05, 0.1) is 12.0 Å². The van der Waals surface area contributed by atoms with E-state index in [1.165, 1.54) is 0 Å². The molecule has 2 aliphatic rings. The lowest BCUT2D eigenvalue weighted by Gasteiger charge is -2.37. The highest BCUT2D eigenvalue weighted by Crippen LogP contribution is 2.39. The normalized spacial score (nSPS) is 34.9. The van der Waals surface area contributed by atoms with Gasteiger partial charge in [-0.15, -0.1) is 0 Å². The zero-order valence-electron chi connectivity index (χ0n) is 9.72. The third-order valence-corrected chi connectivity index (χ3v) is 6.38. The van der Waals surface area contributed by atoms with E-state index in [1.54, 1.807) is 0 Å². The second kappa shape index (κ2) is 5.71. The molecule has 1 N–H and O–H groups in total. The Morgan fingerprint density at radius 3 is 3.06 bits per heavy atom. The summed E-state index contributed by atoms with van der Waals surface area (Å²) in [6.07, 6.45) is 2.70. The van der Waals surface area contributed by atoms with Crippen molar-refractivity contribution in [3.8, 4) is 0 Å². The van der Waals surface area contributed by atoms with E-state index < -0.39 is 16.8 Å². The minimum absolute atomic E-state index is 0.00567. The van der Waals surface area contributed by atoms with Crippen LogP contribution in [-0.4, -0.2) is 50.0 Å². The van der Waals surface area contributed by atoms with Gasteiger partial charge < -0.3 is 9.84 Å². The van der Waals surface area contributed by atoms with Crippen molar-refractivity contribution >= 4 is 28.5 Å². The molecule has 2 saturated heterocycles. The summed E-state index contributed by atoms with van der Waals surface area (Å²) in [5, 5.41) is 8.73. The lowest BCUT2D eigenvalue weighted by molar-refractivity contribution is -0.136. The van der Waals surface area contributed by atoms with E-state index in [-0.39, 0.29) is 23.0 Å². The quantitative estimate of drug-likeness (QED) is 0.839. The molecule has 0 aromatic carbocycles. The average Bonchev–Trinajstić information content (AvgIpc) is 2.74. The van der Waals surface area contributed by atoms with Crippen molar-refractivity contribution in [2.24, 2.45) is 0 Å². The predicted molar refractivity (Wildman–Crippen MR) is 68.9 cm³/mol. The van der Waals surface area contributed by atoms with Crippen LogP contribution in [0.1, 0.15) is 25.7 Å². The number of hydrogen-bond donors (Lipinski definition) is 1. The van der Waals surface area contributed by atoms with Crippen LogP contribution in [0.2, 0.25) is 0 Å². The van der Waals surface area contributed by atoms with E-state index >= 15 is 0 Å². The van der Waals surface area contributed by atoms with E-state index in [2.05, 4.69) is 0 Å². The third-order valence-electron chi connectivity index (χ3n) is 3.40. The average molecular weight is 278 g/mol. The molecule has 1 spiro atoms. The van der Waals surface area contributed by atoms with Crippen molar-refractivity contribution in [1.29, 1.82) is 0 Å². The van der Waals surface area contributed by atoms with Gasteiger partial charge in [0.25, 0.3) is 0 Å². The summed E-state index contributed by atoms with van der Waals surface area (Å²) in [5.74, 6) is 1.54. The second-order valence-electron chi connectivity index (χ2n) is 4.68. The smallest absolute Gasteiger partial charge is 0.304 e. The zero-order chi connectivity index (χ0) is 12.3. The molecule has 0 aromatic rings. The van der Waals surface area contributed by atoms with E-state index in [0.29, 0.717) is 6.61 Å². The molecule has 2 fully saturated rings. The molecule has 3 unspecified atom stereocenters. The fraction of sp³-hybridized carbons (Fsp3) is 0.909. The summed E-state index contributed by atoms with van der Waals surface area (Å²) in [6, 6.07) is 0. The Hall–Kier alpha value is -0.0700. The standard InChI is InChI=1S/C11H18O4S2/c12-10(13)2-6-17(14)9-1-4-15-11(7-9)3-5-16-8-11/h9H,1-8H2,(H,12,13). The summed E-state index contributed by atoms with van der Waals surface area (Å²) in [6.45, 7) is 0.671. The van der Waals surface area contributed by atoms with Gasteiger partial charge in [0.15, 0.2) is 0 Å². The zero-order valence-corrected chi connectivity index (χ0v) is 11.4. The van der Waals surface area contributed by atoms with E-state index in [1.807, 2.05) is 11.8 Å². The van der Waals surface area contributed by atoms with Crippen LogP contribution < -0.4 is 0 Å². The maximum Gasteiger partial charge on any atom is 0.304 e. The molecular weight excluding hydrogens is 260 g/mol. The number of ether oxygens (including phenoxy) is 1. The number of aliphatic carboxylic acids is 1. The third kappa shape index (κ3) is 3.45. The van der Waals surface area contributed by atoms with Gasteiger partial charge in [-0.25, -0.2) is 0 Å². The fourth-order valence-corrected chi connectivity index (χ4v) is 5.36. The topological polar surface area (TPSA) is 63.6 Å². The molecule has 2 rings (SSSR count). The number of carbonyl (C=O) groups is 1. The van der Waals surface area contributed by atoms with E-state index in [4.69, 9.17) is 9.84 Å². The highest BCUT2D eigenvalue weighted by molar-refractivity contribution is 7.99. The molecule has 17 heavy (non-hydrogen) atoms. The molecule has 0 radical (unpaired) electrons. The highest BCUT2D eigenvalue weighted by Gasteiger charge is 2.41.